The van der Waals surface area contributed by atoms with Crippen LogP contribution in [0.15, 0.2) is 21.7 Å². The number of ether oxygens (including phenoxy) is 1. The maximum atomic E-state index is 12.6. The minimum Gasteiger partial charge on any atom is -0.359 e. The van der Waals surface area contributed by atoms with E-state index in [0.717, 1.165) is 24.4 Å². The number of nitrogens with one attached hydrogen (secondary N) is 2. The van der Waals surface area contributed by atoms with Crippen molar-refractivity contribution in [2.24, 2.45) is 0 Å². The molecule has 2 heterocycles. The lowest BCUT2D eigenvalue weighted by Gasteiger charge is -2.22. The van der Waals surface area contributed by atoms with Crippen molar-refractivity contribution >= 4 is 33.2 Å². The molecular formula is C16H26N4O5S2. The lowest BCUT2D eigenvalue weighted by Crippen LogP contribution is -2.48. The third-order valence-corrected chi connectivity index (χ3v) is 7.51. The average molecular weight is 419 g/mol. The Morgan fingerprint density at radius 1 is 1.30 bits per heavy atom. The number of nitrogens with zero attached hydrogens (tertiary/aromatic N) is 2. The van der Waals surface area contributed by atoms with E-state index in [4.69, 9.17) is 4.74 Å². The molecule has 0 radical (unpaired) electrons. The van der Waals surface area contributed by atoms with Crippen LogP contribution in [0.25, 0.3) is 0 Å². The molecule has 2 N–H and O–H groups in total. The van der Waals surface area contributed by atoms with Crippen molar-refractivity contribution in [2.75, 3.05) is 45.9 Å². The molecule has 0 unspecified atom stereocenters. The van der Waals surface area contributed by atoms with Gasteiger partial charge in [0.25, 0.3) is 10.0 Å². The first kappa shape index (κ1) is 21.8. The van der Waals surface area contributed by atoms with E-state index in [1.807, 2.05) is 13.8 Å². The summed E-state index contributed by atoms with van der Waals surface area (Å²) in [5.41, 5.74) is 0. The molecule has 0 spiro atoms. The van der Waals surface area contributed by atoms with Crippen LogP contribution in [-0.2, 0) is 24.3 Å². The number of carbonyl (C=O) groups is 2. The van der Waals surface area contributed by atoms with Gasteiger partial charge < -0.3 is 20.3 Å². The topological polar surface area (TPSA) is 108 Å². The number of hydrogen-bond acceptors (Lipinski definition) is 7. The highest BCUT2D eigenvalue weighted by atomic mass is 32.2. The van der Waals surface area contributed by atoms with Crippen molar-refractivity contribution in [1.82, 2.24) is 19.8 Å². The Bertz CT molecular complexity index is 719. The zero-order chi connectivity index (χ0) is 19.9. The highest BCUT2D eigenvalue weighted by Gasteiger charge is 2.37. The summed E-state index contributed by atoms with van der Waals surface area (Å²) >= 11 is 1.12. The first-order valence-electron chi connectivity index (χ1n) is 8.85. The third-order valence-electron chi connectivity index (χ3n) is 4.25. The first-order chi connectivity index (χ1) is 12.9. The Morgan fingerprint density at radius 3 is 2.63 bits per heavy atom. The number of likely N-dealkylation sites (N-methyl/N-ethyl adjacent to an activating group) is 1. The van der Waals surface area contributed by atoms with Gasteiger partial charge in [0.15, 0.2) is 0 Å². The number of hydrogen-bond donors (Lipinski definition) is 2. The summed E-state index contributed by atoms with van der Waals surface area (Å²) in [4.78, 5) is 25.9. The van der Waals surface area contributed by atoms with Crippen LogP contribution in [0.2, 0.25) is 0 Å². The summed E-state index contributed by atoms with van der Waals surface area (Å²) < 4.78 is 32.1. The minimum absolute atomic E-state index is 0.0904. The second kappa shape index (κ2) is 10.1. The van der Waals surface area contributed by atoms with Crippen LogP contribution in [0.5, 0.6) is 0 Å². The average Bonchev–Trinajstić information content (AvgIpc) is 3.35. The van der Waals surface area contributed by atoms with Crippen molar-refractivity contribution in [2.45, 2.75) is 24.3 Å². The summed E-state index contributed by atoms with van der Waals surface area (Å²) in [6, 6.07) is 3.19. The molecule has 9 nitrogen and oxygen atoms in total. The fourth-order valence-electron chi connectivity index (χ4n) is 2.68. The quantitative estimate of drug-likeness (QED) is 0.532. The van der Waals surface area contributed by atoms with Crippen LogP contribution < -0.4 is 10.6 Å². The molecule has 0 aliphatic carbocycles. The molecule has 0 bridgehead atoms. The predicted octanol–water partition coefficient (Wildman–Crippen LogP) is -0.331. The maximum Gasteiger partial charge on any atom is 0.309 e. The van der Waals surface area contributed by atoms with Gasteiger partial charge in [-0.2, -0.15) is 4.31 Å². The fraction of sp³-hybridized carbons (Fsp3) is 0.625. The van der Waals surface area contributed by atoms with E-state index in [0.29, 0.717) is 13.1 Å². The Morgan fingerprint density at radius 2 is 2.00 bits per heavy atom. The first-order valence-corrected chi connectivity index (χ1v) is 11.2. The van der Waals surface area contributed by atoms with Gasteiger partial charge in [0.05, 0.1) is 13.2 Å². The standard InChI is InChI=1S/C16H26N4O5S2/c1-3-19(4-2)8-7-17-15(21)16(22)18-12-13-20(9-10-25-13)27(23,24)14-6-5-11-26-14/h5-6,11,13H,3-4,7-10,12H2,1-2H3,(H,17,21)(H,18,22)/t13-/m0/s1. The van der Waals surface area contributed by atoms with Gasteiger partial charge in [0.1, 0.15) is 10.4 Å². The summed E-state index contributed by atoms with van der Waals surface area (Å²) in [5, 5.41) is 6.69. The van der Waals surface area contributed by atoms with Gasteiger partial charge in [0.2, 0.25) is 0 Å². The highest BCUT2D eigenvalue weighted by Crippen LogP contribution is 2.25. The lowest BCUT2D eigenvalue weighted by molar-refractivity contribution is -0.139. The molecule has 1 aliphatic rings. The number of thiophene rings is 1. The Balaban J connectivity index is 1.82. The number of amides is 2. The second-order valence-electron chi connectivity index (χ2n) is 5.87. The molecule has 27 heavy (non-hydrogen) atoms. The fourth-order valence-corrected chi connectivity index (χ4v) is 5.31. The Hall–Kier alpha value is -1.53. The summed E-state index contributed by atoms with van der Waals surface area (Å²) in [6.45, 7) is 7.16. The molecular weight excluding hydrogens is 392 g/mol. The molecule has 2 rings (SSSR count). The summed E-state index contributed by atoms with van der Waals surface area (Å²) in [6.07, 6.45) is -0.829. The molecule has 1 aliphatic heterocycles. The zero-order valence-corrected chi connectivity index (χ0v) is 17.1. The number of carbonyl (C=O) groups excluding carboxylic acids is 2. The third kappa shape index (κ3) is 5.72. The van der Waals surface area contributed by atoms with E-state index < -0.39 is 28.1 Å². The molecule has 1 aromatic heterocycles. The van der Waals surface area contributed by atoms with Crippen LogP contribution in [0.3, 0.4) is 0 Å². The normalized spacial score (nSPS) is 18.0. The Kier molecular flexibility index (Phi) is 8.17. The second-order valence-corrected chi connectivity index (χ2v) is 8.93. The van der Waals surface area contributed by atoms with E-state index in [2.05, 4.69) is 15.5 Å². The zero-order valence-electron chi connectivity index (χ0n) is 15.5. The molecule has 1 fully saturated rings. The van der Waals surface area contributed by atoms with Gasteiger partial charge in [-0.15, -0.1) is 11.3 Å². The monoisotopic (exact) mass is 418 g/mol. The van der Waals surface area contributed by atoms with Crippen molar-refractivity contribution in [3.05, 3.63) is 17.5 Å². The van der Waals surface area contributed by atoms with Gasteiger partial charge >= 0.3 is 11.8 Å². The van der Waals surface area contributed by atoms with Gasteiger partial charge in [0, 0.05) is 19.6 Å². The number of sulfonamides is 1. The molecule has 0 aromatic carbocycles. The van der Waals surface area contributed by atoms with Gasteiger partial charge in [-0.25, -0.2) is 8.42 Å². The summed E-state index contributed by atoms with van der Waals surface area (Å²) in [5.74, 6) is -1.55. The van der Waals surface area contributed by atoms with Crippen molar-refractivity contribution in [3.8, 4) is 0 Å². The van der Waals surface area contributed by atoms with Gasteiger partial charge in [-0.1, -0.05) is 19.9 Å². The van der Waals surface area contributed by atoms with Crippen molar-refractivity contribution < 1.29 is 22.7 Å². The number of rotatable bonds is 9. The van der Waals surface area contributed by atoms with Crippen LogP contribution in [0, 0.1) is 0 Å². The maximum absolute atomic E-state index is 12.6. The SMILES string of the molecule is CCN(CC)CCNC(=O)C(=O)NC[C@@H]1OCCN1S(=O)(=O)c1cccs1. The molecule has 1 saturated heterocycles. The van der Waals surface area contributed by atoms with E-state index in [1.165, 1.54) is 10.4 Å². The molecule has 1 atom stereocenters. The predicted molar refractivity (Wildman–Crippen MR) is 102 cm³/mol. The lowest BCUT2D eigenvalue weighted by atomic mass is 10.4. The molecule has 0 saturated carbocycles. The molecule has 11 heteroatoms. The van der Waals surface area contributed by atoms with Gasteiger partial charge in [-0.3, -0.25) is 9.59 Å². The van der Waals surface area contributed by atoms with E-state index in [-0.39, 0.29) is 23.9 Å². The smallest absolute Gasteiger partial charge is 0.309 e. The van der Waals surface area contributed by atoms with Crippen LogP contribution in [0.1, 0.15) is 13.8 Å². The molecule has 2 amide bonds. The molecule has 152 valence electrons. The van der Waals surface area contributed by atoms with Crippen molar-refractivity contribution in [1.29, 1.82) is 0 Å². The van der Waals surface area contributed by atoms with Crippen LogP contribution in [0.4, 0.5) is 0 Å². The molecule has 1 aromatic rings. The highest BCUT2D eigenvalue weighted by molar-refractivity contribution is 7.91. The van der Waals surface area contributed by atoms with E-state index >= 15 is 0 Å². The van der Waals surface area contributed by atoms with Gasteiger partial charge in [-0.05, 0) is 24.5 Å². The van der Waals surface area contributed by atoms with Crippen LogP contribution >= 0.6 is 11.3 Å². The van der Waals surface area contributed by atoms with E-state index in [1.54, 1.807) is 11.4 Å². The minimum atomic E-state index is -3.67. The van der Waals surface area contributed by atoms with Crippen LogP contribution in [-0.4, -0.2) is 81.5 Å². The van der Waals surface area contributed by atoms with E-state index in [9.17, 15) is 18.0 Å². The largest absolute Gasteiger partial charge is 0.359 e. The summed E-state index contributed by atoms with van der Waals surface area (Å²) in [7, 11) is -3.67. The van der Waals surface area contributed by atoms with Crippen molar-refractivity contribution in [3.63, 3.8) is 0 Å². The Labute approximate surface area is 163 Å².